The molecule has 3 nitrogen and oxygen atoms in total. The first-order chi connectivity index (χ1) is 14.2. The third-order valence-electron chi connectivity index (χ3n) is 7.11. The van der Waals surface area contributed by atoms with Crippen LogP contribution in [0.3, 0.4) is 0 Å². The Hall–Kier alpha value is -2.52. The van der Waals surface area contributed by atoms with Gasteiger partial charge in [-0.05, 0) is 48.4 Å². The van der Waals surface area contributed by atoms with Gasteiger partial charge in [0.15, 0.2) is 0 Å². The number of hydrogen-bond donors (Lipinski definition) is 1. The van der Waals surface area contributed by atoms with Gasteiger partial charge in [0.25, 0.3) is 5.91 Å². The van der Waals surface area contributed by atoms with Gasteiger partial charge in [-0.15, -0.1) is 0 Å². The van der Waals surface area contributed by atoms with Crippen LogP contribution in [0.5, 0.6) is 0 Å². The van der Waals surface area contributed by atoms with Crippen LogP contribution in [-0.4, -0.2) is 19.0 Å². The van der Waals surface area contributed by atoms with Crippen LogP contribution in [0.2, 0.25) is 5.02 Å². The fourth-order valence-electron chi connectivity index (χ4n) is 5.82. The number of anilines is 2. The Kier molecular flexibility index (Phi) is 3.89. The molecule has 2 aromatic carbocycles. The molecule has 0 saturated heterocycles. The zero-order valence-electron chi connectivity index (χ0n) is 16.1. The molecule has 2 heterocycles. The fourth-order valence-corrected chi connectivity index (χ4v) is 6.05. The van der Waals surface area contributed by atoms with Crippen LogP contribution in [0, 0.1) is 11.8 Å². The summed E-state index contributed by atoms with van der Waals surface area (Å²) in [4.78, 5) is 15.6. The van der Waals surface area contributed by atoms with Crippen molar-refractivity contribution < 1.29 is 4.79 Å². The van der Waals surface area contributed by atoms with E-state index >= 15 is 0 Å². The highest BCUT2D eigenvalue weighted by Gasteiger charge is 2.43. The molecule has 0 spiro atoms. The van der Waals surface area contributed by atoms with Gasteiger partial charge in [-0.25, -0.2) is 0 Å². The van der Waals surface area contributed by atoms with Crippen LogP contribution in [0.25, 0.3) is 0 Å². The Bertz CT molecular complexity index is 1070. The van der Waals surface area contributed by atoms with Crippen molar-refractivity contribution >= 4 is 28.9 Å². The zero-order chi connectivity index (χ0) is 19.5. The van der Waals surface area contributed by atoms with Crippen molar-refractivity contribution in [1.82, 2.24) is 0 Å². The van der Waals surface area contributed by atoms with E-state index in [1.54, 1.807) is 12.1 Å². The Morgan fingerprint density at radius 2 is 1.69 bits per heavy atom. The van der Waals surface area contributed by atoms with Gasteiger partial charge >= 0.3 is 0 Å². The summed E-state index contributed by atoms with van der Waals surface area (Å²) in [5.74, 6) is 2.03. The summed E-state index contributed by atoms with van der Waals surface area (Å²) in [7, 11) is 0. The number of allylic oxidation sites excluding steroid dienone is 4. The molecular formula is C25H23ClN2O. The SMILES string of the molecule is O=C(Nc1ccc2c3c1C1C=CCC1CN3CC1CC=CC21)c1ccccc1Cl. The van der Waals surface area contributed by atoms with Crippen molar-refractivity contribution in [3.05, 3.63) is 82.4 Å². The van der Waals surface area contributed by atoms with Crippen molar-refractivity contribution in [2.75, 3.05) is 23.3 Å². The van der Waals surface area contributed by atoms with E-state index in [2.05, 4.69) is 46.7 Å². The Labute approximate surface area is 176 Å². The molecule has 0 radical (unpaired) electrons. The van der Waals surface area contributed by atoms with Crippen LogP contribution in [0.4, 0.5) is 11.4 Å². The maximum Gasteiger partial charge on any atom is 0.257 e. The number of nitrogens with zero attached hydrogens (tertiary/aromatic N) is 1. The lowest BCUT2D eigenvalue weighted by Crippen LogP contribution is -2.44. The molecule has 2 aromatic rings. The summed E-state index contributed by atoms with van der Waals surface area (Å²) >= 11 is 6.27. The van der Waals surface area contributed by atoms with Gasteiger partial charge in [-0.1, -0.05) is 54.1 Å². The molecule has 0 aromatic heterocycles. The molecule has 1 N–H and O–H groups in total. The average molecular weight is 403 g/mol. The van der Waals surface area contributed by atoms with Gasteiger partial charge < -0.3 is 10.2 Å². The minimum atomic E-state index is -0.142. The molecule has 4 unspecified atom stereocenters. The highest BCUT2D eigenvalue weighted by Crippen LogP contribution is 2.54. The summed E-state index contributed by atoms with van der Waals surface area (Å²) in [5, 5.41) is 3.68. The molecular weight excluding hydrogens is 380 g/mol. The normalized spacial score (nSPS) is 28.1. The maximum absolute atomic E-state index is 13.0. The number of amides is 1. The van der Waals surface area contributed by atoms with Crippen LogP contribution in [-0.2, 0) is 0 Å². The summed E-state index contributed by atoms with van der Waals surface area (Å²) in [6.07, 6.45) is 11.7. The lowest BCUT2D eigenvalue weighted by molar-refractivity contribution is 0.102. The van der Waals surface area contributed by atoms with Crippen molar-refractivity contribution in [3.63, 3.8) is 0 Å². The predicted molar refractivity (Wildman–Crippen MR) is 118 cm³/mol. The second kappa shape index (κ2) is 6.50. The molecule has 2 aliphatic carbocycles. The first-order valence-electron chi connectivity index (χ1n) is 10.5. The number of carbonyl (C=O) groups is 1. The van der Waals surface area contributed by atoms with E-state index in [4.69, 9.17) is 11.6 Å². The Balaban J connectivity index is 1.47. The average Bonchev–Trinajstić information content (AvgIpc) is 3.38. The standard InChI is InChI=1S/C25H23ClN2O/c26-21-10-2-1-7-20(21)25(29)27-22-12-11-19-17-8-3-5-15(17)13-28-14-16-6-4-9-18(16)23(22)24(19)28/h1-4,7-12,15-18H,5-6,13-14H2,(H,27,29). The molecule has 146 valence electrons. The van der Waals surface area contributed by atoms with Crippen molar-refractivity contribution in [2.45, 2.75) is 24.7 Å². The van der Waals surface area contributed by atoms with E-state index in [0.29, 0.717) is 34.3 Å². The minimum Gasteiger partial charge on any atom is -0.370 e. The van der Waals surface area contributed by atoms with Gasteiger partial charge in [0.05, 0.1) is 10.6 Å². The summed E-state index contributed by atoms with van der Waals surface area (Å²) in [5.41, 5.74) is 5.54. The highest BCUT2D eigenvalue weighted by atomic mass is 35.5. The summed E-state index contributed by atoms with van der Waals surface area (Å²) < 4.78 is 0. The van der Waals surface area contributed by atoms with Crippen LogP contribution >= 0.6 is 11.6 Å². The predicted octanol–water partition coefficient (Wildman–Crippen LogP) is 5.75. The number of benzene rings is 2. The lowest BCUT2D eigenvalue weighted by atomic mass is 9.74. The number of hydrogen-bond acceptors (Lipinski definition) is 2. The van der Waals surface area contributed by atoms with E-state index < -0.39 is 0 Å². The van der Waals surface area contributed by atoms with Gasteiger partial charge in [0.2, 0.25) is 0 Å². The third-order valence-corrected chi connectivity index (χ3v) is 7.44. The van der Waals surface area contributed by atoms with Crippen molar-refractivity contribution in [3.8, 4) is 0 Å². The van der Waals surface area contributed by atoms with E-state index in [1.807, 2.05) is 12.1 Å². The number of halogens is 1. The van der Waals surface area contributed by atoms with Crippen LogP contribution in [0.15, 0.2) is 60.7 Å². The van der Waals surface area contributed by atoms with E-state index in [1.165, 1.54) is 23.2 Å². The molecule has 4 heteroatoms. The van der Waals surface area contributed by atoms with Crippen LogP contribution in [0.1, 0.15) is 46.2 Å². The molecule has 0 bridgehead atoms. The fraction of sp³-hybridized carbons (Fsp3) is 0.320. The monoisotopic (exact) mass is 402 g/mol. The van der Waals surface area contributed by atoms with Gasteiger partial charge in [0, 0.05) is 41.9 Å². The van der Waals surface area contributed by atoms with E-state index in [0.717, 1.165) is 25.2 Å². The molecule has 0 fully saturated rings. The first kappa shape index (κ1) is 17.3. The highest BCUT2D eigenvalue weighted by molar-refractivity contribution is 6.34. The Morgan fingerprint density at radius 3 is 2.48 bits per heavy atom. The van der Waals surface area contributed by atoms with E-state index in [-0.39, 0.29) is 5.91 Å². The second-order valence-corrected chi connectivity index (χ2v) is 9.11. The first-order valence-corrected chi connectivity index (χ1v) is 10.9. The third kappa shape index (κ3) is 2.60. The minimum absolute atomic E-state index is 0.142. The molecule has 4 aliphatic rings. The molecule has 4 atom stereocenters. The number of carbonyl (C=O) groups excluding carboxylic acids is 1. The quantitative estimate of drug-likeness (QED) is 0.649. The molecule has 6 rings (SSSR count). The lowest BCUT2D eigenvalue weighted by Gasteiger charge is -2.46. The zero-order valence-corrected chi connectivity index (χ0v) is 16.9. The molecule has 29 heavy (non-hydrogen) atoms. The second-order valence-electron chi connectivity index (χ2n) is 8.70. The number of rotatable bonds is 2. The van der Waals surface area contributed by atoms with E-state index in [9.17, 15) is 4.79 Å². The number of fused-ring (bicyclic) bond motifs is 4. The smallest absolute Gasteiger partial charge is 0.257 e. The summed E-state index contributed by atoms with van der Waals surface area (Å²) in [6, 6.07) is 11.6. The molecule has 0 saturated carbocycles. The van der Waals surface area contributed by atoms with Crippen molar-refractivity contribution in [2.24, 2.45) is 11.8 Å². The van der Waals surface area contributed by atoms with Crippen molar-refractivity contribution in [1.29, 1.82) is 0 Å². The topological polar surface area (TPSA) is 32.3 Å². The largest absolute Gasteiger partial charge is 0.370 e. The number of nitrogens with one attached hydrogen (secondary N) is 1. The van der Waals surface area contributed by atoms with Gasteiger partial charge in [-0.3, -0.25) is 4.79 Å². The molecule has 1 amide bonds. The summed E-state index contributed by atoms with van der Waals surface area (Å²) in [6.45, 7) is 2.23. The molecule has 2 aliphatic heterocycles. The van der Waals surface area contributed by atoms with Crippen LogP contribution < -0.4 is 10.2 Å². The van der Waals surface area contributed by atoms with Gasteiger partial charge in [0.1, 0.15) is 0 Å². The van der Waals surface area contributed by atoms with Gasteiger partial charge in [-0.2, -0.15) is 0 Å². The maximum atomic E-state index is 13.0. The Morgan fingerprint density at radius 1 is 0.966 bits per heavy atom.